The van der Waals surface area contributed by atoms with E-state index in [-0.39, 0.29) is 11.4 Å². The summed E-state index contributed by atoms with van der Waals surface area (Å²) in [6, 6.07) is 13.9. The van der Waals surface area contributed by atoms with Gasteiger partial charge in [0.2, 0.25) is 0 Å². The van der Waals surface area contributed by atoms with E-state index in [2.05, 4.69) is 42.9 Å². The molecule has 3 rings (SSSR count). The molecule has 0 saturated heterocycles. The maximum atomic E-state index is 11.8. The molecule has 0 radical (unpaired) electrons. The number of unbranched alkanes of at least 4 members (excludes halogenated alkanes) is 4. The zero-order valence-corrected chi connectivity index (χ0v) is 21.2. The Morgan fingerprint density at radius 1 is 0.788 bits per heavy atom. The highest BCUT2D eigenvalue weighted by Crippen LogP contribution is 2.41. The predicted octanol–water partition coefficient (Wildman–Crippen LogP) is 8.07. The molecule has 3 aromatic rings. The van der Waals surface area contributed by atoms with Crippen molar-refractivity contribution in [1.29, 1.82) is 0 Å². The SMILES string of the molecule is O=[N+]([O-])c1cc(Br)ccc1C(CCCCCCCc1ccc[nH]1)c1ccc(Br)cc1[N+](=O)[O-]. The highest BCUT2D eigenvalue weighted by molar-refractivity contribution is 9.10. The van der Waals surface area contributed by atoms with Crippen molar-refractivity contribution in [2.75, 3.05) is 0 Å². The number of aromatic nitrogens is 1. The van der Waals surface area contributed by atoms with Gasteiger partial charge in [0.05, 0.1) is 9.85 Å². The zero-order valence-electron chi connectivity index (χ0n) is 18.0. The topological polar surface area (TPSA) is 102 Å². The van der Waals surface area contributed by atoms with Crippen molar-refractivity contribution in [3.63, 3.8) is 0 Å². The van der Waals surface area contributed by atoms with Gasteiger partial charge < -0.3 is 4.98 Å². The molecule has 33 heavy (non-hydrogen) atoms. The number of H-pyrrole nitrogens is 1. The van der Waals surface area contributed by atoms with Gasteiger partial charge in [0.1, 0.15) is 0 Å². The van der Waals surface area contributed by atoms with Crippen LogP contribution in [-0.2, 0) is 6.42 Å². The molecule has 0 amide bonds. The Hall–Kier alpha value is -2.52. The molecule has 1 N–H and O–H groups in total. The van der Waals surface area contributed by atoms with E-state index >= 15 is 0 Å². The van der Waals surface area contributed by atoms with Gasteiger partial charge in [-0.2, -0.15) is 0 Å². The summed E-state index contributed by atoms with van der Waals surface area (Å²) in [5.74, 6) is -0.439. The van der Waals surface area contributed by atoms with E-state index in [1.54, 1.807) is 24.3 Å². The number of rotatable bonds is 12. The molecule has 0 spiro atoms. The summed E-state index contributed by atoms with van der Waals surface area (Å²) < 4.78 is 1.20. The van der Waals surface area contributed by atoms with Crippen LogP contribution in [0.4, 0.5) is 11.4 Å². The summed E-state index contributed by atoms with van der Waals surface area (Å²) >= 11 is 6.60. The minimum absolute atomic E-state index is 0.0301. The lowest BCUT2D eigenvalue weighted by Gasteiger charge is -2.19. The summed E-state index contributed by atoms with van der Waals surface area (Å²) in [7, 11) is 0. The number of hydrogen-bond acceptors (Lipinski definition) is 4. The van der Waals surface area contributed by atoms with Crippen LogP contribution in [0.25, 0.3) is 0 Å². The van der Waals surface area contributed by atoms with Crippen molar-refractivity contribution >= 4 is 43.2 Å². The lowest BCUT2D eigenvalue weighted by atomic mass is 9.85. The molecule has 174 valence electrons. The predicted molar refractivity (Wildman–Crippen MR) is 136 cm³/mol. The lowest BCUT2D eigenvalue weighted by Crippen LogP contribution is -2.08. The number of aryl methyl sites for hydroxylation is 1. The molecule has 1 heterocycles. The van der Waals surface area contributed by atoms with Gasteiger partial charge in [-0.1, -0.05) is 69.7 Å². The Labute approximate surface area is 209 Å². The number of benzene rings is 2. The van der Waals surface area contributed by atoms with Crippen LogP contribution in [0.1, 0.15) is 61.3 Å². The monoisotopic (exact) mass is 577 g/mol. The van der Waals surface area contributed by atoms with E-state index < -0.39 is 15.8 Å². The van der Waals surface area contributed by atoms with Gasteiger partial charge in [0, 0.05) is 50.0 Å². The standard InChI is InChI=1S/C24H25Br2N3O4/c25-17-10-12-21(23(15-17)28(30)31)20(22-13-11-18(26)16-24(22)29(32)33)9-5-3-1-2-4-7-19-8-6-14-27-19/h6,8,10-16,20,27H,1-5,7,9H2. The van der Waals surface area contributed by atoms with Crippen LogP contribution in [-0.4, -0.2) is 14.8 Å². The molecule has 1 aromatic heterocycles. The van der Waals surface area contributed by atoms with E-state index in [1.807, 2.05) is 12.3 Å². The molecule has 0 aliphatic rings. The molecule has 0 unspecified atom stereocenters. The van der Waals surface area contributed by atoms with Crippen LogP contribution in [0.3, 0.4) is 0 Å². The Morgan fingerprint density at radius 3 is 1.85 bits per heavy atom. The van der Waals surface area contributed by atoms with Gasteiger partial charge >= 0.3 is 0 Å². The smallest absolute Gasteiger partial charge is 0.274 e. The number of nitrogens with one attached hydrogen (secondary N) is 1. The minimum atomic E-state index is -0.439. The third-order valence-corrected chi connectivity index (χ3v) is 6.72. The van der Waals surface area contributed by atoms with Gasteiger partial charge in [-0.3, -0.25) is 20.2 Å². The molecule has 0 saturated carbocycles. The molecule has 0 aliphatic heterocycles. The van der Waals surface area contributed by atoms with Gasteiger partial charge in [0.25, 0.3) is 11.4 Å². The Bertz CT molecular complexity index is 1040. The normalized spacial score (nSPS) is 11.1. The molecular formula is C24H25Br2N3O4. The highest BCUT2D eigenvalue weighted by atomic mass is 79.9. The number of nitro groups is 2. The first kappa shape index (κ1) is 25.1. The first-order valence-corrected chi connectivity index (χ1v) is 12.5. The molecular weight excluding hydrogens is 554 g/mol. The second-order valence-electron chi connectivity index (χ2n) is 7.97. The fourth-order valence-corrected chi connectivity index (χ4v) is 4.83. The lowest BCUT2D eigenvalue weighted by molar-refractivity contribution is -0.386. The second-order valence-corrected chi connectivity index (χ2v) is 9.81. The van der Waals surface area contributed by atoms with Crippen LogP contribution < -0.4 is 0 Å². The Morgan fingerprint density at radius 2 is 1.33 bits per heavy atom. The summed E-state index contributed by atoms with van der Waals surface area (Å²) in [5, 5.41) is 23.5. The summed E-state index contributed by atoms with van der Waals surface area (Å²) in [6.07, 6.45) is 8.59. The van der Waals surface area contributed by atoms with Crippen LogP contribution in [0, 0.1) is 20.2 Å². The molecule has 7 nitrogen and oxygen atoms in total. The van der Waals surface area contributed by atoms with Gasteiger partial charge in [-0.25, -0.2) is 0 Å². The summed E-state index contributed by atoms with van der Waals surface area (Å²) in [4.78, 5) is 25.9. The Kier molecular flexibility index (Phi) is 9.20. The quantitative estimate of drug-likeness (QED) is 0.133. The van der Waals surface area contributed by atoms with Gasteiger partial charge in [-0.15, -0.1) is 0 Å². The first-order valence-electron chi connectivity index (χ1n) is 10.9. The minimum Gasteiger partial charge on any atom is -0.365 e. The fourth-order valence-electron chi connectivity index (χ4n) is 4.14. The fraction of sp³-hybridized carbons (Fsp3) is 0.333. The van der Waals surface area contributed by atoms with E-state index in [0.29, 0.717) is 26.5 Å². The van der Waals surface area contributed by atoms with E-state index in [0.717, 1.165) is 38.5 Å². The third-order valence-electron chi connectivity index (χ3n) is 5.73. The maximum absolute atomic E-state index is 11.8. The number of halogens is 2. The number of nitrogens with zero attached hydrogens (tertiary/aromatic N) is 2. The molecule has 9 heteroatoms. The van der Waals surface area contributed by atoms with E-state index in [4.69, 9.17) is 0 Å². The number of aromatic amines is 1. The average molecular weight is 579 g/mol. The van der Waals surface area contributed by atoms with Gasteiger partial charge in [-0.05, 0) is 43.5 Å². The van der Waals surface area contributed by atoms with Crippen molar-refractivity contribution in [3.05, 3.63) is 101 Å². The third kappa shape index (κ3) is 6.98. The van der Waals surface area contributed by atoms with Crippen molar-refractivity contribution in [2.45, 2.75) is 50.9 Å². The highest BCUT2D eigenvalue weighted by Gasteiger charge is 2.29. The molecule has 0 aliphatic carbocycles. The van der Waals surface area contributed by atoms with E-state index in [1.165, 1.54) is 17.8 Å². The van der Waals surface area contributed by atoms with Crippen LogP contribution in [0.2, 0.25) is 0 Å². The van der Waals surface area contributed by atoms with Crippen LogP contribution in [0.15, 0.2) is 63.7 Å². The van der Waals surface area contributed by atoms with Crippen molar-refractivity contribution in [3.8, 4) is 0 Å². The Balaban J connectivity index is 1.76. The first-order chi connectivity index (χ1) is 15.9. The average Bonchev–Trinajstić information content (AvgIpc) is 3.30. The molecule has 2 aromatic carbocycles. The van der Waals surface area contributed by atoms with Crippen LogP contribution in [0.5, 0.6) is 0 Å². The van der Waals surface area contributed by atoms with Crippen molar-refractivity contribution in [1.82, 2.24) is 4.98 Å². The second kappa shape index (κ2) is 12.1. The molecule has 0 atom stereocenters. The van der Waals surface area contributed by atoms with E-state index in [9.17, 15) is 20.2 Å². The summed E-state index contributed by atoms with van der Waals surface area (Å²) in [6.45, 7) is 0. The van der Waals surface area contributed by atoms with Gasteiger partial charge in [0.15, 0.2) is 0 Å². The number of hydrogen-bond donors (Lipinski definition) is 1. The maximum Gasteiger partial charge on any atom is 0.274 e. The largest absolute Gasteiger partial charge is 0.365 e. The molecule has 0 fully saturated rings. The molecule has 0 bridgehead atoms. The van der Waals surface area contributed by atoms with Crippen molar-refractivity contribution < 1.29 is 9.85 Å². The van der Waals surface area contributed by atoms with Crippen molar-refractivity contribution in [2.24, 2.45) is 0 Å². The zero-order chi connectivity index (χ0) is 23.8. The van der Waals surface area contributed by atoms with Crippen LogP contribution >= 0.6 is 31.9 Å². The summed E-state index contributed by atoms with van der Waals surface area (Å²) in [5.41, 5.74) is 2.18. The number of nitro benzene ring substituents is 2.